The third-order valence-corrected chi connectivity index (χ3v) is 11.1. The number of alkyl halides is 2. The molecule has 1 aromatic carbocycles. The summed E-state index contributed by atoms with van der Waals surface area (Å²) < 4.78 is 60.6. The Labute approximate surface area is 202 Å². The van der Waals surface area contributed by atoms with Gasteiger partial charge in [-0.3, -0.25) is 18.7 Å². The van der Waals surface area contributed by atoms with Crippen LogP contribution in [-0.2, 0) is 15.7 Å². The van der Waals surface area contributed by atoms with Gasteiger partial charge >= 0.3 is 6.61 Å². The van der Waals surface area contributed by atoms with Crippen LogP contribution in [0.3, 0.4) is 0 Å². The van der Waals surface area contributed by atoms with Gasteiger partial charge < -0.3 is 15.8 Å². The summed E-state index contributed by atoms with van der Waals surface area (Å²) in [5.41, 5.74) is 5.77. The third-order valence-electron chi connectivity index (χ3n) is 6.93. The Kier molecular flexibility index (Phi) is 6.17. The molecule has 2 aromatic rings. The second-order valence-corrected chi connectivity index (χ2v) is 12.8. The number of rotatable bonds is 5. The minimum absolute atomic E-state index is 0.00474. The second kappa shape index (κ2) is 8.59. The van der Waals surface area contributed by atoms with Crippen molar-refractivity contribution in [2.45, 2.75) is 56.3 Å². The highest BCUT2D eigenvalue weighted by molar-refractivity contribution is 8.04. The topological polar surface area (TPSA) is 119 Å². The molecule has 0 radical (unpaired) electrons. The number of nitrogens with two attached hydrogens (primary N) is 1. The van der Waals surface area contributed by atoms with Gasteiger partial charge in [-0.25, -0.2) is 9.37 Å². The summed E-state index contributed by atoms with van der Waals surface area (Å²) in [4.78, 5) is 21.4. The Balaban J connectivity index is 1.68. The van der Waals surface area contributed by atoms with E-state index in [1.54, 1.807) is 20.8 Å². The van der Waals surface area contributed by atoms with E-state index in [1.165, 1.54) is 31.2 Å². The molecule has 0 bridgehead atoms. The van der Waals surface area contributed by atoms with Crippen LogP contribution in [-0.4, -0.2) is 44.1 Å². The van der Waals surface area contributed by atoms with Crippen molar-refractivity contribution in [3.8, 4) is 5.75 Å². The molecule has 4 N–H and O–H groups in total. The van der Waals surface area contributed by atoms with Gasteiger partial charge in [0.1, 0.15) is 28.6 Å². The lowest BCUT2D eigenvalue weighted by Crippen LogP contribution is -2.64. The van der Waals surface area contributed by atoms with E-state index in [1.807, 2.05) is 0 Å². The fraction of sp³-hybridized carbons (Fsp3) is 0.435. The molecule has 35 heavy (non-hydrogen) atoms. The van der Waals surface area contributed by atoms with E-state index >= 15 is 4.39 Å². The van der Waals surface area contributed by atoms with Crippen molar-refractivity contribution in [3.63, 3.8) is 0 Å². The van der Waals surface area contributed by atoms with Crippen molar-refractivity contribution >= 4 is 27.5 Å². The summed E-state index contributed by atoms with van der Waals surface area (Å²) in [7, 11) is -3.09. The van der Waals surface area contributed by atoms with Crippen molar-refractivity contribution in [1.82, 2.24) is 9.71 Å². The summed E-state index contributed by atoms with van der Waals surface area (Å²) in [6.07, 6.45) is 1.55. The summed E-state index contributed by atoms with van der Waals surface area (Å²) >= 11 is 0. The predicted molar refractivity (Wildman–Crippen MR) is 129 cm³/mol. The lowest BCUT2D eigenvalue weighted by atomic mass is 9.85. The predicted octanol–water partition coefficient (Wildman–Crippen LogP) is 3.04. The van der Waals surface area contributed by atoms with Gasteiger partial charge in [-0.2, -0.15) is 8.78 Å². The summed E-state index contributed by atoms with van der Waals surface area (Å²) in [5.74, 6) is -1.18. The minimum atomic E-state index is -3.09. The van der Waals surface area contributed by atoms with Crippen molar-refractivity contribution in [3.05, 3.63) is 53.1 Å². The number of aromatic nitrogens is 1. The molecule has 0 saturated carbocycles. The highest BCUT2D eigenvalue weighted by atomic mass is 32.3. The van der Waals surface area contributed by atoms with Crippen molar-refractivity contribution < 1.29 is 26.9 Å². The highest BCUT2D eigenvalue weighted by Crippen LogP contribution is 2.49. The average Bonchev–Trinajstić information content (AvgIpc) is 3.18. The quantitative estimate of drug-likeness (QED) is 0.460. The minimum Gasteiger partial charge on any atom is -0.433 e. The first-order chi connectivity index (χ1) is 16.3. The summed E-state index contributed by atoms with van der Waals surface area (Å²) in [6.45, 7) is 4.27. The standard InChI is InChI=1S/C23H28F3N5O3S/c1-12-9-14(34-21(25)26)11-28-18(12)19(32)30-13-5-6-16(24)15(10-13)23(4)17-7-8-29-35(17,33)22(2,3)20(27)31-23/h5-6,9-11,17,21,35H,7-8H2,1-4H3,(H2,27,31)(H,29,33)(H,30,32)/t17-,23+/m0/s1. The molecule has 1 amide bonds. The number of benzene rings is 1. The molecular weight excluding hydrogens is 483 g/mol. The Morgan fingerprint density at radius 1 is 1.31 bits per heavy atom. The van der Waals surface area contributed by atoms with E-state index in [0.29, 0.717) is 18.5 Å². The zero-order valence-corrected chi connectivity index (χ0v) is 20.6. The van der Waals surface area contributed by atoms with Gasteiger partial charge in [-0.1, -0.05) is 0 Å². The SMILES string of the molecule is Cc1cc(OC(F)F)cnc1C(=O)Nc1ccc(F)c([C@@]2(C)N=C(N)C(C)(C)[SH]3(=O)NCC[C@@H]23)c1. The van der Waals surface area contributed by atoms with E-state index in [4.69, 9.17) is 5.73 Å². The van der Waals surface area contributed by atoms with Crippen LogP contribution in [0.2, 0.25) is 0 Å². The fourth-order valence-corrected chi connectivity index (χ4v) is 8.53. The molecule has 3 heterocycles. The van der Waals surface area contributed by atoms with E-state index in [9.17, 15) is 17.8 Å². The van der Waals surface area contributed by atoms with Crippen molar-refractivity contribution in [2.24, 2.45) is 10.7 Å². The molecule has 1 fully saturated rings. The first kappa shape index (κ1) is 25.1. The molecule has 190 valence electrons. The number of pyridine rings is 1. The zero-order valence-electron chi connectivity index (χ0n) is 19.7. The van der Waals surface area contributed by atoms with Gasteiger partial charge in [-0.05, 0) is 74.1 Å². The number of nitrogens with one attached hydrogen (secondary N) is 2. The average molecular weight is 512 g/mol. The van der Waals surface area contributed by atoms with Crippen LogP contribution in [0.25, 0.3) is 0 Å². The molecule has 0 spiro atoms. The van der Waals surface area contributed by atoms with Crippen LogP contribution >= 0.6 is 0 Å². The number of carbonyl (C=O) groups excluding carboxylic acids is 1. The molecule has 0 aliphatic carbocycles. The van der Waals surface area contributed by atoms with Gasteiger partial charge in [0.2, 0.25) is 0 Å². The van der Waals surface area contributed by atoms with Gasteiger partial charge in [0, 0.05) is 17.8 Å². The monoisotopic (exact) mass is 511 g/mol. The zero-order chi connectivity index (χ0) is 25.8. The van der Waals surface area contributed by atoms with Gasteiger partial charge in [0.25, 0.3) is 5.91 Å². The number of fused-ring (bicyclic) bond motifs is 1. The number of carbonyl (C=O) groups is 1. The summed E-state index contributed by atoms with van der Waals surface area (Å²) in [5, 5.41) is 2.18. The number of aryl methyl sites for hydroxylation is 1. The number of hydrogen-bond donors (Lipinski definition) is 4. The number of amides is 1. The first-order valence-electron chi connectivity index (χ1n) is 11.0. The Bertz CT molecular complexity index is 1270. The second-order valence-electron chi connectivity index (χ2n) is 9.44. The van der Waals surface area contributed by atoms with Crippen LogP contribution in [0, 0.1) is 12.7 Å². The molecule has 12 heteroatoms. The van der Waals surface area contributed by atoms with Crippen molar-refractivity contribution in [2.75, 3.05) is 11.9 Å². The molecule has 1 saturated heterocycles. The van der Waals surface area contributed by atoms with Gasteiger partial charge in [0.05, 0.1) is 16.2 Å². The number of anilines is 1. The lowest BCUT2D eigenvalue weighted by Gasteiger charge is -2.50. The number of nitrogens with zero attached hydrogens (tertiary/aromatic N) is 2. The number of halogens is 3. The maximum atomic E-state index is 15.2. The van der Waals surface area contributed by atoms with Crippen LogP contribution in [0.4, 0.5) is 18.9 Å². The smallest absolute Gasteiger partial charge is 0.387 e. The first-order valence-corrected chi connectivity index (χ1v) is 12.8. The molecule has 4 rings (SSSR count). The molecule has 0 unspecified atom stereocenters. The number of hydrogen-bond acceptors (Lipinski definition) is 6. The normalized spacial score (nSPS) is 25.5. The Morgan fingerprint density at radius 3 is 2.69 bits per heavy atom. The van der Waals surface area contributed by atoms with E-state index < -0.39 is 44.0 Å². The van der Waals surface area contributed by atoms with Crippen LogP contribution in [0.5, 0.6) is 5.75 Å². The number of thiol groups is 1. The molecule has 2 atom stereocenters. The highest BCUT2D eigenvalue weighted by Gasteiger charge is 2.58. The van der Waals surface area contributed by atoms with Gasteiger partial charge in [-0.15, -0.1) is 0 Å². The van der Waals surface area contributed by atoms with Crippen molar-refractivity contribution in [1.29, 1.82) is 0 Å². The molecule has 2 aliphatic rings. The van der Waals surface area contributed by atoms with Gasteiger partial charge in [0.15, 0.2) is 0 Å². The van der Waals surface area contributed by atoms with Crippen LogP contribution < -0.4 is 20.5 Å². The third kappa shape index (κ3) is 4.08. The number of ether oxygens (including phenoxy) is 1. The molecule has 1 aromatic heterocycles. The summed E-state index contributed by atoms with van der Waals surface area (Å²) in [6, 6.07) is 5.32. The number of amidine groups is 1. The van der Waals surface area contributed by atoms with E-state index in [0.717, 1.165) is 6.20 Å². The maximum absolute atomic E-state index is 15.2. The Morgan fingerprint density at radius 2 is 2.03 bits per heavy atom. The molecular formula is C23H28F3N5O3S. The Hall–Kier alpha value is -2.99. The number of aliphatic imine (C=N–C) groups is 1. The van der Waals surface area contributed by atoms with Crippen LogP contribution in [0.15, 0.2) is 35.5 Å². The van der Waals surface area contributed by atoms with E-state index in [-0.39, 0.29) is 28.5 Å². The largest absolute Gasteiger partial charge is 0.433 e. The van der Waals surface area contributed by atoms with Crippen LogP contribution in [0.1, 0.15) is 48.8 Å². The lowest BCUT2D eigenvalue weighted by molar-refractivity contribution is -0.0501. The maximum Gasteiger partial charge on any atom is 0.387 e. The molecule has 8 nitrogen and oxygen atoms in total. The fourth-order valence-electron chi connectivity index (χ4n) is 4.89. The molecule has 2 aliphatic heterocycles. The van der Waals surface area contributed by atoms with E-state index in [2.05, 4.69) is 24.8 Å².